The summed E-state index contributed by atoms with van der Waals surface area (Å²) in [6.45, 7) is 6.43. The fourth-order valence-electron chi connectivity index (χ4n) is 1.64. The Hall–Kier alpha value is -1.50. The van der Waals surface area contributed by atoms with Crippen LogP contribution in [0.4, 0.5) is 0 Å². The van der Waals surface area contributed by atoms with Gasteiger partial charge in [-0.15, -0.1) is 6.58 Å². The van der Waals surface area contributed by atoms with Gasteiger partial charge in [0, 0.05) is 6.42 Å². The number of ether oxygens (including phenoxy) is 1. The second kappa shape index (κ2) is 8.63. The Kier molecular flexibility index (Phi) is 6.89. The highest BCUT2D eigenvalue weighted by molar-refractivity contribution is 5.13. The van der Waals surface area contributed by atoms with Gasteiger partial charge >= 0.3 is 0 Å². The van der Waals surface area contributed by atoms with Crippen LogP contribution < -0.4 is 0 Å². The van der Waals surface area contributed by atoms with Crippen molar-refractivity contribution in [3.8, 4) is 0 Å². The molecule has 0 heterocycles. The van der Waals surface area contributed by atoms with E-state index >= 15 is 0 Å². The van der Waals surface area contributed by atoms with Crippen molar-refractivity contribution in [1.82, 2.24) is 0 Å². The predicted octanol–water partition coefficient (Wildman–Crippen LogP) is 4.85. The van der Waals surface area contributed by atoms with Crippen molar-refractivity contribution in [2.24, 2.45) is 0 Å². The summed E-state index contributed by atoms with van der Waals surface area (Å²) < 4.78 is 5.79. The number of unbranched alkanes of at least 4 members (excludes halogenated alkanes) is 2. The molecule has 0 saturated heterocycles. The van der Waals surface area contributed by atoms with Crippen molar-refractivity contribution in [3.05, 3.63) is 60.4 Å². The van der Waals surface area contributed by atoms with E-state index in [2.05, 4.69) is 24.8 Å². The SMILES string of the molecule is C=CCCCC/C(=C\C)OCc1ccccc1. The van der Waals surface area contributed by atoms with Gasteiger partial charge in [-0.05, 0) is 37.8 Å². The van der Waals surface area contributed by atoms with Crippen molar-refractivity contribution in [2.45, 2.75) is 39.2 Å². The summed E-state index contributed by atoms with van der Waals surface area (Å²) in [7, 11) is 0. The first kappa shape index (κ1) is 13.6. The molecule has 1 aromatic rings. The smallest absolute Gasteiger partial charge is 0.113 e. The van der Waals surface area contributed by atoms with Crippen LogP contribution in [-0.4, -0.2) is 0 Å². The van der Waals surface area contributed by atoms with Gasteiger partial charge in [0.15, 0.2) is 0 Å². The Morgan fingerprint density at radius 1 is 1.24 bits per heavy atom. The minimum atomic E-state index is 0.669. The van der Waals surface area contributed by atoms with Crippen molar-refractivity contribution < 1.29 is 4.74 Å². The zero-order valence-electron chi connectivity index (χ0n) is 10.7. The maximum Gasteiger partial charge on any atom is 0.113 e. The molecule has 1 aromatic carbocycles. The summed E-state index contributed by atoms with van der Waals surface area (Å²) in [5.41, 5.74) is 1.22. The molecule has 0 atom stereocenters. The normalized spacial score (nSPS) is 11.2. The van der Waals surface area contributed by atoms with Gasteiger partial charge < -0.3 is 4.74 Å². The number of rotatable bonds is 8. The second-order valence-electron chi connectivity index (χ2n) is 4.06. The molecule has 1 heteroatoms. The van der Waals surface area contributed by atoms with Gasteiger partial charge in [-0.3, -0.25) is 0 Å². The fourth-order valence-corrected chi connectivity index (χ4v) is 1.64. The number of benzene rings is 1. The van der Waals surface area contributed by atoms with Gasteiger partial charge in [0.25, 0.3) is 0 Å². The fraction of sp³-hybridized carbons (Fsp3) is 0.375. The largest absolute Gasteiger partial charge is 0.494 e. The molecule has 92 valence electrons. The van der Waals surface area contributed by atoms with Crippen LogP contribution in [0.5, 0.6) is 0 Å². The molecule has 0 radical (unpaired) electrons. The molecule has 0 aliphatic carbocycles. The molecule has 1 nitrogen and oxygen atoms in total. The van der Waals surface area contributed by atoms with Gasteiger partial charge in [-0.2, -0.15) is 0 Å². The Labute approximate surface area is 105 Å². The third-order valence-corrected chi connectivity index (χ3v) is 2.67. The van der Waals surface area contributed by atoms with Crippen molar-refractivity contribution in [3.63, 3.8) is 0 Å². The lowest BCUT2D eigenvalue weighted by Gasteiger charge is -2.10. The van der Waals surface area contributed by atoms with E-state index in [0.29, 0.717) is 6.61 Å². The van der Waals surface area contributed by atoms with E-state index in [1.165, 1.54) is 18.4 Å². The zero-order chi connectivity index (χ0) is 12.3. The molecule has 17 heavy (non-hydrogen) atoms. The third kappa shape index (κ3) is 5.96. The highest BCUT2D eigenvalue weighted by Crippen LogP contribution is 2.13. The number of allylic oxidation sites excluding steroid dienone is 3. The summed E-state index contributed by atoms with van der Waals surface area (Å²) in [6, 6.07) is 10.3. The Balaban J connectivity index is 2.26. The van der Waals surface area contributed by atoms with Gasteiger partial charge in [-0.1, -0.05) is 36.4 Å². The van der Waals surface area contributed by atoms with Crippen molar-refractivity contribution >= 4 is 0 Å². The average Bonchev–Trinajstić information content (AvgIpc) is 2.39. The molecule has 0 amide bonds. The molecule has 1 rings (SSSR count). The zero-order valence-corrected chi connectivity index (χ0v) is 10.7. The minimum Gasteiger partial charge on any atom is -0.494 e. The van der Waals surface area contributed by atoms with Crippen LogP contribution in [-0.2, 0) is 11.3 Å². The van der Waals surface area contributed by atoms with E-state index in [0.717, 1.165) is 18.6 Å². The quantitative estimate of drug-likeness (QED) is 0.352. The van der Waals surface area contributed by atoms with Crippen LogP contribution in [0, 0.1) is 0 Å². The van der Waals surface area contributed by atoms with Crippen LogP contribution in [0.3, 0.4) is 0 Å². The molecule has 0 unspecified atom stereocenters. The molecule has 0 aromatic heterocycles. The third-order valence-electron chi connectivity index (χ3n) is 2.67. The summed E-state index contributed by atoms with van der Waals surface area (Å²) in [6.07, 6.45) is 8.51. The molecular formula is C16H22O. The highest BCUT2D eigenvalue weighted by atomic mass is 16.5. The van der Waals surface area contributed by atoms with Crippen LogP contribution >= 0.6 is 0 Å². The molecule has 0 fully saturated rings. The first-order chi connectivity index (χ1) is 8.36. The van der Waals surface area contributed by atoms with Crippen LogP contribution in [0.15, 0.2) is 54.8 Å². The Bertz CT molecular complexity index is 338. The molecule has 0 aliphatic rings. The van der Waals surface area contributed by atoms with Crippen LogP contribution in [0.1, 0.15) is 38.2 Å². The first-order valence-corrected chi connectivity index (χ1v) is 6.29. The lowest BCUT2D eigenvalue weighted by molar-refractivity contribution is 0.187. The monoisotopic (exact) mass is 230 g/mol. The highest BCUT2D eigenvalue weighted by Gasteiger charge is 1.98. The average molecular weight is 230 g/mol. The van der Waals surface area contributed by atoms with Gasteiger partial charge in [0.05, 0.1) is 5.76 Å². The molecule has 0 aliphatic heterocycles. The summed E-state index contributed by atoms with van der Waals surface area (Å²) in [5.74, 6) is 1.10. The molecule has 0 saturated carbocycles. The van der Waals surface area contributed by atoms with E-state index in [9.17, 15) is 0 Å². The topological polar surface area (TPSA) is 9.23 Å². The molecule has 0 N–H and O–H groups in total. The van der Waals surface area contributed by atoms with E-state index in [1.54, 1.807) is 0 Å². The molecule has 0 bridgehead atoms. The van der Waals surface area contributed by atoms with Gasteiger partial charge in [0.1, 0.15) is 6.61 Å². The van der Waals surface area contributed by atoms with Crippen LogP contribution in [0.2, 0.25) is 0 Å². The molecule has 0 spiro atoms. The standard InChI is InChI=1S/C16H22O/c1-3-5-6-10-13-16(4-2)17-14-15-11-8-7-9-12-15/h3-4,7-9,11-12H,1,5-6,10,13-14H2,2H3/b16-4+. The van der Waals surface area contributed by atoms with Crippen molar-refractivity contribution in [2.75, 3.05) is 0 Å². The molecular weight excluding hydrogens is 208 g/mol. The van der Waals surface area contributed by atoms with E-state index in [-0.39, 0.29) is 0 Å². The van der Waals surface area contributed by atoms with E-state index < -0.39 is 0 Å². The summed E-state index contributed by atoms with van der Waals surface area (Å²) in [5, 5.41) is 0. The van der Waals surface area contributed by atoms with Gasteiger partial charge in [-0.25, -0.2) is 0 Å². The Morgan fingerprint density at radius 2 is 2.00 bits per heavy atom. The second-order valence-corrected chi connectivity index (χ2v) is 4.06. The van der Waals surface area contributed by atoms with Crippen LogP contribution in [0.25, 0.3) is 0 Å². The Morgan fingerprint density at radius 3 is 2.65 bits per heavy atom. The predicted molar refractivity (Wildman–Crippen MR) is 73.7 cm³/mol. The maximum atomic E-state index is 5.79. The number of hydrogen-bond donors (Lipinski definition) is 0. The number of hydrogen-bond acceptors (Lipinski definition) is 1. The first-order valence-electron chi connectivity index (χ1n) is 6.29. The minimum absolute atomic E-state index is 0.669. The van der Waals surface area contributed by atoms with E-state index in [4.69, 9.17) is 4.74 Å². The summed E-state index contributed by atoms with van der Waals surface area (Å²) >= 11 is 0. The van der Waals surface area contributed by atoms with Crippen molar-refractivity contribution in [1.29, 1.82) is 0 Å². The lowest BCUT2D eigenvalue weighted by atomic mass is 10.1. The lowest BCUT2D eigenvalue weighted by Crippen LogP contribution is -1.94. The van der Waals surface area contributed by atoms with E-state index in [1.807, 2.05) is 31.2 Å². The van der Waals surface area contributed by atoms with Gasteiger partial charge in [0.2, 0.25) is 0 Å². The summed E-state index contributed by atoms with van der Waals surface area (Å²) in [4.78, 5) is 0. The maximum absolute atomic E-state index is 5.79.